The maximum absolute atomic E-state index is 12.3. The molecule has 0 heterocycles. The molecule has 2 unspecified atom stereocenters. The van der Waals surface area contributed by atoms with Crippen molar-refractivity contribution >= 4 is 17.5 Å². The molecule has 0 bridgehead atoms. The van der Waals surface area contributed by atoms with Gasteiger partial charge in [0, 0.05) is 30.2 Å². The molecule has 118 valence electrons. The van der Waals surface area contributed by atoms with Crippen LogP contribution in [-0.2, 0) is 4.79 Å². The summed E-state index contributed by atoms with van der Waals surface area (Å²) >= 11 is 5.93. The summed E-state index contributed by atoms with van der Waals surface area (Å²) in [6.45, 7) is 7.75. The number of carbonyl (C=O) groups excluding carboxylic acids is 1. The van der Waals surface area contributed by atoms with E-state index in [-0.39, 0.29) is 18.0 Å². The summed E-state index contributed by atoms with van der Waals surface area (Å²) in [5, 5.41) is 0.698. The monoisotopic (exact) mass is 311 g/mol. The molecule has 0 aromatic heterocycles. The van der Waals surface area contributed by atoms with E-state index in [0.717, 1.165) is 18.7 Å². The Bertz CT molecular complexity index is 443. The standard InChI is InChI=1S/C16H26ClN3O/c1-5-20(6-2)15(21)11-19(4)16(12(3)18)13-7-9-14(17)10-8-13/h7-10,12,16H,5-6,11,18H2,1-4H3. The Balaban J connectivity index is 2.85. The third-order valence-electron chi connectivity index (χ3n) is 3.69. The minimum absolute atomic E-state index is 0.0122. The summed E-state index contributed by atoms with van der Waals surface area (Å²) in [7, 11) is 1.93. The third kappa shape index (κ3) is 4.99. The van der Waals surface area contributed by atoms with Crippen LogP contribution in [0.4, 0.5) is 0 Å². The molecule has 2 atom stereocenters. The smallest absolute Gasteiger partial charge is 0.236 e. The second-order valence-electron chi connectivity index (χ2n) is 5.34. The van der Waals surface area contributed by atoms with Crippen LogP contribution >= 0.6 is 11.6 Å². The minimum atomic E-state index is -0.0827. The van der Waals surface area contributed by atoms with Gasteiger partial charge in [0.2, 0.25) is 5.91 Å². The van der Waals surface area contributed by atoms with Gasteiger partial charge in [0.05, 0.1) is 6.54 Å². The molecule has 0 aliphatic rings. The van der Waals surface area contributed by atoms with Crippen LogP contribution in [0.15, 0.2) is 24.3 Å². The maximum Gasteiger partial charge on any atom is 0.236 e. The van der Waals surface area contributed by atoms with Gasteiger partial charge in [-0.1, -0.05) is 23.7 Å². The zero-order valence-electron chi connectivity index (χ0n) is 13.3. The van der Waals surface area contributed by atoms with Crippen LogP contribution in [0.25, 0.3) is 0 Å². The summed E-state index contributed by atoms with van der Waals surface area (Å²) in [6.07, 6.45) is 0. The molecule has 5 heteroatoms. The summed E-state index contributed by atoms with van der Waals surface area (Å²) in [4.78, 5) is 16.1. The number of likely N-dealkylation sites (N-methyl/N-ethyl adjacent to an activating group) is 2. The quantitative estimate of drug-likeness (QED) is 0.842. The van der Waals surface area contributed by atoms with Crippen LogP contribution in [0.5, 0.6) is 0 Å². The predicted molar refractivity (Wildman–Crippen MR) is 88.4 cm³/mol. The second-order valence-corrected chi connectivity index (χ2v) is 5.77. The topological polar surface area (TPSA) is 49.6 Å². The molecule has 1 aromatic rings. The molecule has 2 N–H and O–H groups in total. The molecule has 1 amide bonds. The van der Waals surface area contributed by atoms with Crippen molar-refractivity contribution in [2.45, 2.75) is 32.9 Å². The van der Waals surface area contributed by atoms with Crippen molar-refractivity contribution in [3.8, 4) is 0 Å². The van der Waals surface area contributed by atoms with Gasteiger partial charge in [-0.2, -0.15) is 0 Å². The van der Waals surface area contributed by atoms with E-state index < -0.39 is 0 Å². The van der Waals surface area contributed by atoms with Gasteiger partial charge in [-0.3, -0.25) is 9.69 Å². The Kier molecular flexibility index (Phi) is 7.15. The first-order valence-electron chi connectivity index (χ1n) is 7.39. The van der Waals surface area contributed by atoms with Crippen LogP contribution in [-0.4, -0.2) is 48.4 Å². The Morgan fingerprint density at radius 2 is 1.76 bits per heavy atom. The number of rotatable bonds is 7. The molecule has 21 heavy (non-hydrogen) atoms. The summed E-state index contributed by atoms with van der Waals surface area (Å²) in [6, 6.07) is 7.55. The van der Waals surface area contributed by atoms with E-state index in [4.69, 9.17) is 17.3 Å². The van der Waals surface area contributed by atoms with Crippen LogP contribution in [0, 0.1) is 0 Å². The minimum Gasteiger partial charge on any atom is -0.342 e. The molecule has 1 aromatic carbocycles. The van der Waals surface area contributed by atoms with Crippen molar-refractivity contribution < 1.29 is 4.79 Å². The molecule has 4 nitrogen and oxygen atoms in total. The highest BCUT2D eigenvalue weighted by atomic mass is 35.5. The Morgan fingerprint density at radius 1 is 1.24 bits per heavy atom. The number of amides is 1. The highest BCUT2D eigenvalue weighted by molar-refractivity contribution is 6.30. The SMILES string of the molecule is CCN(CC)C(=O)CN(C)C(c1ccc(Cl)cc1)C(C)N. The molecular weight excluding hydrogens is 286 g/mol. The lowest BCUT2D eigenvalue weighted by molar-refractivity contribution is -0.132. The van der Waals surface area contributed by atoms with Crippen molar-refractivity contribution in [2.24, 2.45) is 5.73 Å². The third-order valence-corrected chi connectivity index (χ3v) is 3.94. The number of carbonyl (C=O) groups is 1. The van der Waals surface area contributed by atoms with Gasteiger partial charge in [0.15, 0.2) is 0 Å². The summed E-state index contributed by atoms with van der Waals surface area (Å²) < 4.78 is 0. The van der Waals surface area contributed by atoms with Gasteiger partial charge in [-0.05, 0) is 45.5 Å². The number of hydrogen-bond acceptors (Lipinski definition) is 3. The molecule has 0 fully saturated rings. The van der Waals surface area contributed by atoms with Crippen molar-refractivity contribution in [2.75, 3.05) is 26.7 Å². The fourth-order valence-corrected chi connectivity index (χ4v) is 2.73. The first kappa shape index (κ1) is 18.0. The summed E-state index contributed by atoms with van der Waals surface area (Å²) in [5.74, 6) is 0.127. The molecule has 0 saturated heterocycles. The number of nitrogens with two attached hydrogens (primary N) is 1. The fraction of sp³-hybridized carbons (Fsp3) is 0.562. The van der Waals surface area contributed by atoms with Crippen molar-refractivity contribution in [1.29, 1.82) is 0 Å². The summed E-state index contributed by atoms with van der Waals surface area (Å²) in [5.41, 5.74) is 7.20. The van der Waals surface area contributed by atoms with E-state index in [1.807, 2.05) is 61.9 Å². The van der Waals surface area contributed by atoms with Gasteiger partial charge in [-0.15, -0.1) is 0 Å². The Labute approximate surface area is 132 Å². The fourth-order valence-electron chi connectivity index (χ4n) is 2.61. The van der Waals surface area contributed by atoms with E-state index in [0.29, 0.717) is 11.6 Å². The Morgan fingerprint density at radius 3 is 2.19 bits per heavy atom. The lowest BCUT2D eigenvalue weighted by Crippen LogP contribution is -2.44. The maximum atomic E-state index is 12.3. The first-order valence-corrected chi connectivity index (χ1v) is 7.77. The highest BCUT2D eigenvalue weighted by Gasteiger charge is 2.24. The van der Waals surface area contributed by atoms with Gasteiger partial charge >= 0.3 is 0 Å². The number of nitrogens with zero attached hydrogens (tertiary/aromatic N) is 2. The first-order chi connectivity index (χ1) is 9.90. The highest BCUT2D eigenvalue weighted by Crippen LogP contribution is 2.23. The van der Waals surface area contributed by atoms with E-state index in [1.165, 1.54) is 0 Å². The van der Waals surface area contributed by atoms with Gasteiger partial charge < -0.3 is 10.6 Å². The number of benzene rings is 1. The molecule has 0 aliphatic heterocycles. The lowest BCUT2D eigenvalue weighted by atomic mass is 9.99. The van der Waals surface area contributed by atoms with E-state index in [2.05, 4.69) is 0 Å². The average Bonchev–Trinajstić information content (AvgIpc) is 2.42. The van der Waals surface area contributed by atoms with Crippen molar-refractivity contribution in [3.63, 3.8) is 0 Å². The predicted octanol–water partition coefficient (Wildman–Crippen LogP) is 2.53. The molecule has 0 aliphatic carbocycles. The normalized spacial score (nSPS) is 14.0. The van der Waals surface area contributed by atoms with E-state index in [9.17, 15) is 4.79 Å². The van der Waals surface area contributed by atoms with Crippen LogP contribution in [0.3, 0.4) is 0 Å². The lowest BCUT2D eigenvalue weighted by Gasteiger charge is -2.32. The van der Waals surface area contributed by atoms with Gasteiger partial charge in [-0.25, -0.2) is 0 Å². The molecular formula is C16H26ClN3O. The van der Waals surface area contributed by atoms with Crippen LogP contribution < -0.4 is 5.73 Å². The number of hydrogen-bond donors (Lipinski definition) is 1. The molecule has 1 rings (SSSR count). The molecule has 0 radical (unpaired) electrons. The van der Waals surface area contributed by atoms with E-state index in [1.54, 1.807) is 0 Å². The zero-order chi connectivity index (χ0) is 16.0. The number of halogens is 1. The average molecular weight is 312 g/mol. The van der Waals surface area contributed by atoms with Gasteiger partial charge in [0.1, 0.15) is 0 Å². The van der Waals surface area contributed by atoms with Crippen molar-refractivity contribution in [1.82, 2.24) is 9.80 Å². The second kappa shape index (κ2) is 8.37. The zero-order valence-corrected chi connectivity index (χ0v) is 14.1. The Hall–Kier alpha value is -1.10. The van der Waals surface area contributed by atoms with Crippen molar-refractivity contribution in [3.05, 3.63) is 34.9 Å². The molecule has 0 saturated carbocycles. The largest absolute Gasteiger partial charge is 0.342 e. The van der Waals surface area contributed by atoms with Crippen LogP contribution in [0.1, 0.15) is 32.4 Å². The van der Waals surface area contributed by atoms with Crippen LogP contribution in [0.2, 0.25) is 5.02 Å². The molecule has 0 spiro atoms. The van der Waals surface area contributed by atoms with Gasteiger partial charge in [0.25, 0.3) is 0 Å². The van der Waals surface area contributed by atoms with E-state index >= 15 is 0 Å².